The van der Waals surface area contributed by atoms with E-state index in [-0.39, 0.29) is 6.61 Å². The molecule has 156 valence electrons. The van der Waals surface area contributed by atoms with Crippen LogP contribution < -0.4 is 5.32 Å². The van der Waals surface area contributed by atoms with E-state index >= 15 is 0 Å². The average molecular weight is 432 g/mol. The van der Waals surface area contributed by atoms with Crippen molar-refractivity contribution in [2.75, 3.05) is 11.9 Å². The average Bonchev–Trinajstić information content (AvgIpc) is 3.27. The highest BCUT2D eigenvalue weighted by molar-refractivity contribution is 7.13. The number of esters is 1. The largest absolute Gasteiger partial charge is 0.462 e. The highest BCUT2D eigenvalue weighted by Crippen LogP contribution is 2.25. The lowest BCUT2D eigenvalue weighted by Gasteiger charge is -2.11. The molecule has 0 bridgehead atoms. The Morgan fingerprint density at radius 1 is 1.13 bits per heavy atom. The molecule has 3 aromatic heterocycles. The first-order chi connectivity index (χ1) is 15.1. The molecule has 0 fully saturated rings. The number of anilines is 1. The molecule has 7 nitrogen and oxygen atoms in total. The zero-order valence-corrected chi connectivity index (χ0v) is 18.0. The van der Waals surface area contributed by atoms with Gasteiger partial charge >= 0.3 is 5.97 Å². The first-order valence-corrected chi connectivity index (χ1v) is 10.7. The number of aromatic nitrogens is 4. The highest BCUT2D eigenvalue weighted by Gasteiger charge is 2.17. The number of aryl methyl sites for hydroxylation is 1. The summed E-state index contributed by atoms with van der Waals surface area (Å²) in [6.45, 7) is 4.47. The Kier molecular flexibility index (Phi) is 6.28. The van der Waals surface area contributed by atoms with E-state index in [0.29, 0.717) is 23.8 Å². The van der Waals surface area contributed by atoms with Crippen molar-refractivity contribution in [1.82, 2.24) is 19.9 Å². The number of benzene rings is 1. The third kappa shape index (κ3) is 4.92. The van der Waals surface area contributed by atoms with Gasteiger partial charge < -0.3 is 10.1 Å². The summed E-state index contributed by atoms with van der Waals surface area (Å²) in [5, 5.41) is 6.13. The summed E-state index contributed by atoms with van der Waals surface area (Å²) < 4.78 is 5.17. The van der Waals surface area contributed by atoms with E-state index in [9.17, 15) is 4.79 Å². The maximum atomic E-state index is 12.4. The lowest BCUT2D eigenvalue weighted by Crippen LogP contribution is -2.13. The van der Waals surface area contributed by atoms with Crippen LogP contribution in [0.5, 0.6) is 0 Å². The SMILES string of the molecule is CCOC(=O)c1cnc(-c2cccc(C)c2)nc1NCc1csc(-c2ccncc2)n1. The molecule has 8 heteroatoms. The molecule has 0 aliphatic rings. The van der Waals surface area contributed by atoms with Crippen LogP contribution in [-0.2, 0) is 11.3 Å². The number of rotatable bonds is 7. The molecule has 4 aromatic rings. The molecule has 0 amide bonds. The Labute approximate surface area is 184 Å². The van der Waals surface area contributed by atoms with Crippen LogP contribution >= 0.6 is 11.3 Å². The minimum Gasteiger partial charge on any atom is -0.462 e. The van der Waals surface area contributed by atoms with Crippen molar-refractivity contribution in [1.29, 1.82) is 0 Å². The zero-order chi connectivity index (χ0) is 21.6. The van der Waals surface area contributed by atoms with Gasteiger partial charge in [-0.05, 0) is 32.0 Å². The number of thiazole rings is 1. The van der Waals surface area contributed by atoms with Crippen LogP contribution in [0, 0.1) is 6.92 Å². The fourth-order valence-corrected chi connectivity index (χ4v) is 3.81. The second-order valence-corrected chi connectivity index (χ2v) is 7.64. The fraction of sp³-hybridized carbons (Fsp3) is 0.174. The standard InChI is InChI=1S/C23H21N5O2S/c1-3-30-23(29)19-13-26-20(17-6-4-5-15(2)11-17)28-21(19)25-12-18-14-31-22(27-18)16-7-9-24-10-8-16/h4-11,13-14H,3,12H2,1-2H3,(H,25,26,28). The lowest BCUT2D eigenvalue weighted by atomic mass is 10.1. The number of pyridine rings is 1. The minimum absolute atomic E-state index is 0.277. The molecule has 1 aromatic carbocycles. The second kappa shape index (κ2) is 9.44. The molecular weight excluding hydrogens is 410 g/mol. The number of nitrogens with zero attached hydrogens (tertiary/aromatic N) is 4. The third-order valence-corrected chi connectivity index (χ3v) is 5.42. The van der Waals surface area contributed by atoms with Gasteiger partial charge in [0.15, 0.2) is 5.82 Å². The Morgan fingerprint density at radius 3 is 2.74 bits per heavy atom. The van der Waals surface area contributed by atoms with Crippen LogP contribution in [0.3, 0.4) is 0 Å². The summed E-state index contributed by atoms with van der Waals surface area (Å²) in [5.74, 6) is 0.495. The molecule has 0 saturated carbocycles. The van der Waals surface area contributed by atoms with Crippen molar-refractivity contribution in [3.63, 3.8) is 0 Å². The van der Waals surface area contributed by atoms with Crippen molar-refractivity contribution in [3.05, 3.63) is 77.2 Å². The lowest BCUT2D eigenvalue weighted by molar-refractivity contribution is 0.0526. The summed E-state index contributed by atoms with van der Waals surface area (Å²) in [4.78, 5) is 30.1. The molecule has 0 spiro atoms. The Morgan fingerprint density at radius 2 is 1.97 bits per heavy atom. The molecule has 1 N–H and O–H groups in total. The smallest absolute Gasteiger partial charge is 0.343 e. The van der Waals surface area contributed by atoms with Crippen LogP contribution in [0.1, 0.15) is 28.5 Å². The zero-order valence-electron chi connectivity index (χ0n) is 17.2. The molecule has 0 aliphatic heterocycles. The summed E-state index contributed by atoms with van der Waals surface area (Å²) >= 11 is 1.55. The topological polar surface area (TPSA) is 89.9 Å². The molecule has 3 heterocycles. The Balaban J connectivity index is 1.60. The van der Waals surface area contributed by atoms with Crippen molar-refractivity contribution in [3.8, 4) is 22.0 Å². The van der Waals surface area contributed by atoms with Gasteiger partial charge in [-0.3, -0.25) is 4.98 Å². The summed E-state index contributed by atoms with van der Waals surface area (Å²) in [5.41, 5.74) is 4.15. The molecule has 0 saturated heterocycles. The number of nitrogens with one attached hydrogen (secondary N) is 1. The molecule has 0 aliphatic carbocycles. The Hall–Kier alpha value is -3.65. The summed E-state index contributed by atoms with van der Waals surface area (Å²) in [6, 6.07) is 11.8. The molecule has 0 unspecified atom stereocenters. The van der Waals surface area contributed by atoms with Gasteiger partial charge in [0.2, 0.25) is 0 Å². The number of hydrogen-bond acceptors (Lipinski definition) is 8. The van der Waals surface area contributed by atoms with Crippen molar-refractivity contribution >= 4 is 23.1 Å². The van der Waals surface area contributed by atoms with Gasteiger partial charge in [-0.1, -0.05) is 23.8 Å². The van der Waals surface area contributed by atoms with Crippen molar-refractivity contribution in [2.24, 2.45) is 0 Å². The maximum absolute atomic E-state index is 12.4. The normalized spacial score (nSPS) is 10.6. The van der Waals surface area contributed by atoms with Crippen LogP contribution in [0.2, 0.25) is 0 Å². The first kappa shape index (κ1) is 20.6. The number of hydrogen-bond donors (Lipinski definition) is 1. The van der Waals surface area contributed by atoms with Gasteiger partial charge in [-0.15, -0.1) is 11.3 Å². The van der Waals surface area contributed by atoms with Gasteiger partial charge in [-0.2, -0.15) is 0 Å². The van der Waals surface area contributed by atoms with Crippen LogP contribution in [0.25, 0.3) is 22.0 Å². The third-order valence-electron chi connectivity index (χ3n) is 4.48. The van der Waals surface area contributed by atoms with E-state index in [0.717, 1.165) is 27.4 Å². The van der Waals surface area contributed by atoms with Crippen LogP contribution in [0.4, 0.5) is 5.82 Å². The second-order valence-electron chi connectivity index (χ2n) is 6.78. The van der Waals surface area contributed by atoms with Crippen molar-refractivity contribution < 1.29 is 9.53 Å². The van der Waals surface area contributed by atoms with Gasteiger partial charge in [0.1, 0.15) is 16.4 Å². The quantitative estimate of drug-likeness (QED) is 0.422. The van der Waals surface area contributed by atoms with E-state index in [1.54, 1.807) is 30.7 Å². The number of carbonyl (C=O) groups excluding carboxylic acids is 1. The predicted octanol–water partition coefficient (Wildman–Crippen LogP) is 4.76. The fourth-order valence-electron chi connectivity index (χ4n) is 2.99. The van der Waals surface area contributed by atoms with Gasteiger partial charge in [0.05, 0.1) is 18.8 Å². The van der Waals surface area contributed by atoms with Crippen LogP contribution in [0.15, 0.2) is 60.4 Å². The van der Waals surface area contributed by atoms with Crippen LogP contribution in [-0.4, -0.2) is 32.5 Å². The van der Waals surface area contributed by atoms with E-state index in [2.05, 4.69) is 25.3 Å². The molecule has 31 heavy (non-hydrogen) atoms. The van der Waals surface area contributed by atoms with Crippen molar-refractivity contribution in [2.45, 2.75) is 20.4 Å². The number of carbonyl (C=O) groups is 1. The molecule has 4 rings (SSSR count). The number of ether oxygens (including phenoxy) is 1. The van der Waals surface area contributed by atoms with Gasteiger partial charge in [0, 0.05) is 35.1 Å². The van der Waals surface area contributed by atoms with Gasteiger partial charge in [-0.25, -0.2) is 19.7 Å². The first-order valence-electron chi connectivity index (χ1n) is 9.84. The summed E-state index contributed by atoms with van der Waals surface area (Å²) in [7, 11) is 0. The van der Waals surface area contributed by atoms with E-state index in [1.807, 2.05) is 48.7 Å². The molecule has 0 atom stereocenters. The summed E-state index contributed by atoms with van der Waals surface area (Å²) in [6.07, 6.45) is 5.00. The van der Waals surface area contributed by atoms with E-state index in [4.69, 9.17) is 4.74 Å². The predicted molar refractivity (Wildman–Crippen MR) is 121 cm³/mol. The van der Waals surface area contributed by atoms with Gasteiger partial charge in [0.25, 0.3) is 0 Å². The minimum atomic E-state index is -0.462. The van der Waals surface area contributed by atoms with E-state index < -0.39 is 5.97 Å². The molecule has 0 radical (unpaired) electrons. The maximum Gasteiger partial charge on any atom is 0.343 e. The monoisotopic (exact) mass is 431 g/mol. The van der Waals surface area contributed by atoms with E-state index in [1.165, 1.54) is 6.20 Å². The Bertz CT molecular complexity index is 1190. The highest BCUT2D eigenvalue weighted by atomic mass is 32.1. The molecular formula is C23H21N5O2S.